The third-order valence-electron chi connectivity index (χ3n) is 4.99. The highest BCUT2D eigenvalue weighted by Gasteiger charge is 2.23. The van der Waals surface area contributed by atoms with Gasteiger partial charge in [0, 0.05) is 36.1 Å². The van der Waals surface area contributed by atoms with E-state index >= 15 is 0 Å². The van der Waals surface area contributed by atoms with E-state index in [-0.39, 0.29) is 12.0 Å². The van der Waals surface area contributed by atoms with Crippen LogP contribution in [0.2, 0.25) is 5.02 Å². The Labute approximate surface area is 173 Å². The lowest BCUT2D eigenvalue weighted by Gasteiger charge is -2.21. The summed E-state index contributed by atoms with van der Waals surface area (Å²) in [6.07, 6.45) is -0.332. The van der Waals surface area contributed by atoms with Gasteiger partial charge in [0.1, 0.15) is 6.61 Å². The zero-order chi connectivity index (χ0) is 20.4. The molecule has 0 bridgehead atoms. The maximum Gasteiger partial charge on any atom is 0.409 e. The van der Waals surface area contributed by atoms with Gasteiger partial charge in [0.25, 0.3) is 5.91 Å². The van der Waals surface area contributed by atoms with Crippen molar-refractivity contribution in [1.29, 1.82) is 0 Å². The van der Waals surface area contributed by atoms with Gasteiger partial charge in [-0.25, -0.2) is 9.78 Å². The molecule has 1 saturated heterocycles. The molecule has 4 rings (SSSR count). The molecule has 0 radical (unpaired) electrons. The Morgan fingerprint density at radius 3 is 2.72 bits per heavy atom. The highest BCUT2D eigenvalue weighted by molar-refractivity contribution is 6.33. The van der Waals surface area contributed by atoms with Crippen LogP contribution in [-0.4, -0.2) is 60.1 Å². The van der Waals surface area contributed by atoms with Crippen molar-refractivity contribution in [1.82, 2.24) is 14.8 Å². The summed E-state index contributed by atoms with van der Waals surface area (Å²) in [7, 11) is 1.73. The van der Waals surface area contributed by atoms with E-state index in [1.807, 2.05) is 42.5 Å². The Kier molecular flexibility index (Phi) is 5.36. The fourth-order valence-corrected chi connectivity index (χ4v) is 3.60. The molecule has 2 aromatic carbocycles. The summed E-state index contributed by atoms with van der Waals surface area (Å²) in [5, 5.41) is 1.36. The van der Waals surface area contributed by atoms with E-state index in [2.05, 4.69) is 0 Å². The molecule has 1 aromatic heterocycles. The summed E-state index contributed by atoms with van der Waals surface area (Å²) < 4.78 is 4.94. The van der Waals surface area contributed by atoms with Gasteiger partial charge in [0.05, 0.1) is 23.3 Å². The number of likely N-dealkylation sites (N-methyl/N-ethyl adjacent to an activating group) is 1. The molecule has 0 spiro atoms. The van der Waals surface area contributed by atoms with Crippen LogP contribution in [0.15, 0.2) is 54.6 Å². The number of rotatable bonds is 5. The minimum absolute atomic E-state index is 0.135. The molecule has 0 N–H and O–H groups in total. The molecular weight excluding hydrogens is 390 g/mol. The van der Waals surface area contributed by atoms with Crippen molar-refractivity contribution in [3.8, 4) is 11.3 Å². The van der Waals surface area contributed by atoms with Crippen molar-refractivity contribution in [2.45, 2.75) is 0 Å². The summed E-state index contributed by atoms with van der Waals surface area (Å²) >= 11 is 6.36. The summed E-state index contributed by atoms with van der Waals surface area (Å²) in [5.41, 5.74) is 2.70. The SMILES string of the molecule is CN(CCN1CCOC1=O)C(=O)c1cc(-c2ccccc2Cl)nc2ccccc12. The second-order valence-corrected chi connectivity index (χ2v) is 7.29. The molecule has 2 amide bonds. The lowest BCUT2D eigenvalue weighted by molar-refractivity contribution is 0.0784. The number of carbonyl (C=O) groups excluding carboxylic acids is 2. The minimum atomic E-state index is -0.332. The number of carbonyl (C=O) groups is 2. The number of fused-ring (bicyclic) bond motifs is 1. The monoisotopic (exact) mass is 409 g/mol. The van der Waals surface area contributed by atoms with E-state index in [9.17, 15) is 9.59 Å². The number of ether oxygens (including phenoxy) is 1. The Morgan fingerprint density at radius 1 is 1.21 bits per heavy atom. The molecule has 2 heterocycles. The smallest absolute Gasteiger partial charge is 0.409 e. The number of hydrogen-bond donors (Lipinski definition) is 0. The molecule has 0 saturated carbocycles. The van der Waals surface area contributed by atoms with Crippen molar-refractivity contribution in [3.63, 3.8) is 0 Å². The molecule has 1 aliphatic heterocycles. The summed E-state index contributed by atoms with van der Waals surface area (Å²) in [5.74, 6) is -0.135. The first-order valence-corrected chi connectivity index (χ1v) is 9.74. The highest BCUT2D eigenvalue weighted by Crippen LogP contribution is 2.30. The number of hydrogen-bond acceptors (Lipinski definition) is 4. The van der Waals surface area contributed by atoms with E-state index in [1.165, 1.54) is 0 Å². The summed E-state index contributed by atoms with van der Waals surface area (Å²) in [6, 6.07) is 16.8. The number of benzene rings is 2. The molecule has 0 atom stereocenters. The molecule has 1 fully saturated rings. The fourth-order valence-electron chi connectivity index (χ4n) is 3.37. The zero-order valence-corrected chi connectivity index (χ0v) is 16.7. The first-order chi connectivity index (χ1) is 14.0. The zero-order valence-electron chi connectivity index (χ0n) is 16.0. The van der Waals surface area contributed by atoms with Crippen molar-refractivity contribution >= 4 is 34.5 Å². The Hall–Kier alpha value is -3.12. The van der Waals surface area contributed by atoms with Gasteiger partial charge in [-0.15, -0.1) is 0 Å². The van der Waals surface area contributed by atoms with Crippen molar-refractivity contribution < 1.29 is 14.3 Å². The lowest BCUT2D eigenvalue weighted by Crippen LogP contribution is -2.36. The first-order valence-electron chi connectivity index (χ1n) is 9.36. The number of pyridine rings is 1. The minimum Gasteiger partial charge on any atom is -0.448 e. The van der Waals surface area contributed by atoms with Crippen LogP contribution in [0, 0.1) is 0 Å². The van der Waals surface area contributed by atoms with Gasteiger partial charge >= 0.3 is 6.09 Å². The van der Waals surface area contributed by atoms with Crippen molar-refractivity contribution in [3.05, 3.63) is 65.2 Å². The third-order valence-corrected chi connectivity index (χ3v) is 5.32. The molecule has 148 valence electrons. The van der Waals surface area contributed by atoms with Crippen LogP contribution in [0.5, 0.6) is 0 Å². The molecular formula is C22H20ClN3O3. The van der Waals surface area contributed by atoms with Gasteiger partial charge in [0.15, 0.2) is 0 Å². The average Bonchev–Trinajstić information content (AvgIpc) is 3.15. The Bertz CT molecular complexity index is 1090. The molecule has 7 heteroatoms. The summed E-state index contributed by atoms with van der Waals surface area (Å²) in [6.45, 7) is 1.79. The largest absolute Gasteiger partial charge is 0.448 e. The van der Waals surface area contributed by atoms with Crippen LogP contribution in [-0.2, 0) is 4.74 Å². The predicted octanol–water partition coefficient (Wildman–Crippen LogP) is 4.08. The van der Waals surface area contributed by atoms with E-state index in [4.69, 9.17) is 21.3 Å². The van der Waals surface area contributed by atoms with Crippen LogP contribution in [0.25, 0.3) is 22.2 Å². The fraction of sp³-hybridized carbons (Fsp3) is 0.227. The molecule has 1 aliphatic rings. The maximum absolute atomic E-state index is 13.2. The number of amides is 2. The van der Waals surface area contributed by atoms with E-state index in [1.54, 1.807) is 29.0 Å². The molecule has 6 nitrogen and oxygen atoms in total. The second kappa shape index (κ2) is 8.09. The normalized spacial score (nSPS) is 13.6. The Balaban J connectivity index is 1.67. The predicted molar refractivity (Wildman–Crippen MR) is 112 cm³/mol. The highest BCUT2D eigenvalue weighted by atomic mass is 35.5. The molecule has 29 heavy (non-hydrogen) atoms. The van der Waals surface area contributed by atoms with Gasteiger partial charge < -0.3 is 14.5 Å². The molecule has 0 unspecified atom stereocenters. The van der Waals surface area contributed by atoms with Gasteiger partial charge in [-0.05, 0) is 18.2 Å². The van der Waals surface area contributed by atoms with Crippen molar-refractivity contribution in [2.75, 3.05) is 33.3 Å². The number of halogens is 1. The van der Waals surface area contributed by atoms with Crippen LogP contribution in [0.1, 0.15) is 10.4 Å². The average molecular weight is 410 g/mol. The number of cyclic esters (lactones) is 1. The standard InChI is InChI=1S/C22H20ClN3O3/c1-25(10-11-26-12-13-29-22(26)28)21(27)17-14-20(16-7-2-4-8-18(16)23)24-19-9-5-3-6-15(17)19/h2-9,14H,10-13H2,1H3. The van der Waals surface area contributed by atoms with E-state index < -0.39 is 0 Å². The number of nitrogens with zero attached hydrogens (tertiary/aromatic N) is 3. The lowest BCUT2D eigenvalue weighted by atomic mass is 10.0. The van der Waals surface area contributed by atoms with E-state index in [0.717, 1.165) is 16.5 Å². The topological polar surface area (TPSA) is 62.7 Å². The Morgan fingerprint density at radius 2 is 1.97 bits per heavy atom. The summed E-state index contributed by atoms with van der Waals surface area (Å²) in [4.78, 5) is 32.8. The van der Waals surface area contributed by atoms with Gasteiger partial charge in [-0.2, -0.15) is 0 Å². The van der Waals surface area contributed by atoms with E-state index in [0.29, 0.717) is 42.5 Å². The van der Waals surface area contributed by atoms with Crippen LogP contribution in [0.3, 0.4) is 0 Å². The second-order valence-electron chi connectivity index (χ2n) is 6.88. The van der Waals surface area contributed by atoms with Crippen molar-refractivity contribution in [2.24, 2.45) is 0 Å². The number of aromatic nitrogens is 1. The maximum atomic E-state index is 13.2. The quantitative estimate of drug-likeness (QED) is 0.637. The van der Waals surface area contributed by atoms with Gasteiger partial charge in [-0.1, -0.05) is 48.0 Å². The molecule has 3 aromatic rings. The van der Waals surface area contributed by atoms with Gasteiger partial charge in [0.2, 0.25) is 0 Å². The molecule has 0 aliphatic carbocycles. The third kappa shape index (κ3) is 3.89. The van der Waals surface area contributed by atoms with Crippen LogP contribution < -0.4 is 0 Å². The number of para-hydroxylation sites is 1. The van der Waals surface area contributed by atoms with Gasteiger partial charge in [-0.3, -0.25) is 4.79 Å². The van der Waals surface area contributed by atoms with Crippen LogP contribution >= 0.6 is 11.6 Å². The van der Waals surface area contributed by atoms with Crippen LogP contribution in [0.4, 0.5) is 4.79 Å². The first kappa shape index (κ1) is 19.2.